The van der Waals surface area contributed by atoms with Gasteiger partial charge in [-0.25, -0.2) is 0 Å². The summed E-state index contributed by atoms with van der Waals surface area (Å²) >= 11 is 0. The van der Waals surface area contributed by atoms with E-state index >= 15 is 0 Å². The number of fused-ring (bicyclic) bond motifs is 8. The van der Waals surface area contributed by atoms with Crippen LogP contribution in [0.5, 0.6) is 0 Å². The minimum atomic E-state index is -0.891. The Kier molecular flexibility index (Phi) is 16.9. The van der Waals surface area contributed by atoms with Crippen LogP contribution in [0.25, 0.3) is 28.9 Å². The van der Waals surface area contributed by atoms with Gasteiger partial charge in [0, 0.05) is 12.8 Å². The van der Waals surface area contributed by atoms with E-state index in [4.69, 9.17) is 20.6 Å². The third-order valence-electron chi connectivity index (χ3n) is 12.0. The molecule has 8 bridgehead atoms. The number of rotatable bonds is 17. The van der Waals surface area contributed by atoms with E-state index < -0.39 is 18.0 Å². The zero-order valence-electron chi connectivity index (χ0n) is 36.2. The molecule has 9 nitrogen and oxygen atoms in total. The van der Waals surface area contributed by atoms with Gasteiger partial charge < -0.3 is 35.9 Å². The van der Waals surface area contributed by atoms with Crippen LogP contribution in [0.1, 0.15) is 144 Å². The largest absolute Gasteiger partial charge is 4.00 e. The van der Waals surface area contributed by atoms with Crippen molar-refractivity contribution in [3.8, 4) is 0 Å². The maximum absolute atomic E-state index is 11.9. The molecule has 0 amide bonds. The molecular weight excluding hydrogens is 780 g/mol. The summed E-state index contributed by atoms with van der Waals surface area (Å²) in [7, 11) is 0. The Bertz CT molecular complexity index is 2130. The molecule has 0 spiro atoms. The number of aromatic nitrogens is 2. The van der Waals surface area contributed by atoms with Crippen LogP contribution in [0.2, 0.25) is 0 Å². The predicted molar refractivity (Wildman–Crippen MR) is 236 cm³/mol. The Morgan fingerprint density at radius 2 is 1.31 bits per heavy atom. The van der Waals surface area contributed by atoms with E-state index in [2.05, 4.69) is 52.5 Å². The number of carboxylic acids is 2. The van der Waals surface area contributed by atoms with E-state index in [0.717, 1.165) is 99.4 Å². The summed E-state index contributed by atoms with van der Waals surface area (Å²) in [6.45, 7) is 20.9. The molecule has 3 atom stereocenters. The molecule has 0 radical (unpaired) electrons. The molecule has 3 N–H and O–H groups in total. The van der Waals surface area contributed by atoms with Crippen molar-refractivity contribution < 1.29 is 42.0 Å². The quantitative estimate of drug-likeness (QED) is 0.106. The smallest absolute Gasteiger partial charge is 0.678 e. The van der Waals surface area contributed by atoms with Crippen LogP contribution >= 0.6 is 0 Å². The number of carboxylic acid groups (broad SMARTS) is 2. The average molecular weight is 843 g/mol. The van der Waals surface area contributed by atoms with Gasteiger partial charge in [0.15, 0.2) is 0 Å². The van der Waals surface area contributed by atoms with E-state index in [1.54, 1.807) is 0 Å². The van der Waals surface area contributed by atoms with Crippen LogP contribution in [0.15, 0.2) is 75.2 Å². The third kappa shape index (κ3) is 11.8. The van der Waals surface area contributed by atoms with Gasteiger partial charge in [0.2, 0.25) is 0 Å². The second-order valence-corrected chi connectivity index (χ2v) is 16.6. The van der Waals surface area contributed by atoms with E-state index in [1.165, 1.54) is 16.7 Å². The SMILES string of the molecule is C=Cc1c2[n-]c(c1C)/C=C1\[N-][C@@H](Cc3[n-]c(c(CCC(=O)O)c3C)/C=C3\[N-][C@@H](C2)C(C)=C3CCC(=O)O)C(C)=C1[C@@H](O)CC/C=C(\C)CC/C=C(\C)CCC=C(C)C.[Fe+4]. The van der Waals surface area contributed by atoms with Gasteiger partial charge in [-0.15, -0.1) is 22.8 Å². The summed E-state index contributed by atoms with van der Waals surface area (Å²) in [5, 5.41) is 41.5. The van der Waals surface area contributed by atoms with Crippen LogP contribution in [0, 0.1) is 13.8 Å². The number of hydrogen-bond donors (Lipinski definition) is 3. The van der Waals surface area contributed by atoms with Crippen molar-refractivity contribution in [2.75, 3.05) is 0 Å². The van der Waals surface area contributed by atoms with Gasteiger partial charge in [-0.3, -0.25) is 9.59 Å². The Hall–Kier alpha value is -4.50. The van der Waals surface area contributed by atoms with Crippen LogP contribution < -0.4 is 9.97 Å². The van der Waals surface area contributed by atoms with Crippen LogP contribution in [0.4, 0.5) is 0 Å². The number of aliphatic hydroxyl groups is 1. The second kappa shape index (κ2) is 21.1. The average Bonchev–Trinajstić information content (AvgIpc) is 3.82. The fourth-order valence-corrected chi connectivity index (χ4v) is 8.42. The number of aliphatic hydroxyl groups excluding tert-OH is 1. The molecular formula is C49H62FeN4O5. The first kappa shape index (κ1) is 47.2. The summed E-state index contributed by atoms with van der Waals surface area (Å²) in [5.41, 5.74) is 16.0. The van der Waals surface area contributed by atoms with Gasteiger partial charge in [-0.05, 0) is 118 Å². The van der Waals surface area contributed by atoms with Gasteiger partial charge in [-0.1, -0.05) is 118 Å². The normalized spacial score (nSPS) is 20.2. The fraction of sp³-hybridized carbons (Fsp3) is 0.469. The molecule has 2 aromatic heterocycles. The summed E-state index contributed by atoms with van der Waals surface area (Å²) in [5.74, 6) is -1.77. The van der Waals surface area contributed by atoms with Gasteiger partial charge in [0.25, 0.3) is 0 Å². The molecule has 10 heteroatoms. The van der Waals surface area contributed by atoms with Crippen LogP contribution in [-0.2, 0) is 45.9 Å². The zero-order valence-corrected chi connectivity index (χ0v) is 37.3. The molecule has 0 aliphatic carbocycles. The maximum Gasteiger partial charge on any atom is 4.00 e. The third-order valence-corrected chi connectivity index (χ3v) is 12.0. The van der Waals surface area contributed by atoms with Crippen molar-refractivity contribution in [3.63, 3.8) is 0 Å². The standard InChI is InChI=1S/C49H62N4O5.Fe/c1-10-35-31(6)40-26-45-49(46(54)19-13-18-30(5)17-12-16-29(4)15-11-14-28(2)3)34(9)41(53-45)24-38-32(7)36(20-22-47(55)56)43(51-38)27-44-37(21-23-48(57)58)33(8)39(52-44)25-42(35)50-40;/h10,14,16,18,26-27,39,41,46,54H,1,11-13,15,17,19-25H2,2-9H3,(H,55,56)(H,57,58);/q-4;+4/b29-16+,30-18+,44-27-,45-26-;/t39-,41-,46-;/m0./s1. The molecule has 0 saturated carbocycles. The molecule has 0 fully saturated rings. The van der Waals surface area contributed by atoms with Gasteiger partial charge in [0.05, 0.1) is 6.10 Å². The fourth-order valence-electron chi connectivity index (χ4n) is 8.42. The predicted octanol–water partition coefficient (Wildman–Crippen LogP) is 10.9. The van der Waals surface area contributed by atoms with Crippen molar-refractivity contribution in [2.45, 2.75) is 151 Å². The van der Waals surface area contributed by atoms with Crippen LogP contribution in [-0.4, -0.2) is 45.4 Å². The van der Waals surface area contributed by atoms with Crippen molar-refractivity contribution in [3.05, 3.63) is 131 Å². The summed E-state index contributed by atoms with van der Waals surface area (Å²) in [6.07, 6.45) is 18.9. The molecule has 0 unspecified atom stereocenters. The van der Waals surface area contributed by atoms with Crippen LogP contribution in [0.3, 0.4) is 0 Å². The minimum absolute atomic E-state index is 0. The van der Waals surface area contributed by atoms with Gasteiger partial charge in [0.1, 0.15) is 0 Å². The van der Waals surface area contributed by atoms with E-state index in [1.807, 2.05) is 45.9 Å². The van der Waals surface area contributed by atoms with Crippen molar-refractivity contribution in [2.24, 2.45) is 0 Å². The Balaban J connectivity index is 0.00000769. The number of carbonyl (C=O) groups is 2. The van der Waals surface area contributed by atoms with Crippen molar-refractivity contribution in [1.82, 2.24) is 9.97 Å². The van der Waals surface area contributed by atoms with Gasteiger partial charge >= 0.3 is 29.0 Å². The molecule has 5 heterocycles. The number of allylic oxidation sites excluding steroid dienone is 7. The number of nitrogens with zero attached hydrogens (tertiary/aromatic N) is 4. The summed E-state index contributed by atoms with van der Waals surface area (Å²) < 4.78 is 0. The molecule has 0 saturated heterocycles. The zero-order chi connectivity index (χ0) is 42.3. The second-order valence-electron chi connectivity index (χ2n) is 16.6. The minimum Gasteiger partial charge on any atom is -0.678 e. The first-order valence-electron chi connectivity index (χ1n) is 20.8. The Morgan fingerprint density at radius 3 is 1.95 bits per heavy atom. The molecule has 0 aromatic carbocycles. The Labute approximate surface area is 362 Å². The molecule has 3 aliphatic heterocycles. The topological polar surface area (TPSA) is 151 Å². The summed E-state index contributed by atoms with van der Waals surface area (Å²) in [6, 6.07) is -0.546. The number of hydrogen-bond acceptors (Lipinski definition) is 3. The monoisotopic (exact) mass is 842 g/mol. The first-order valence-corrected chi connectivity index (χ1v) is 20.8. The first-order chi connectivity index (χ1) is 27.6. The van der Waals surface area contributed by atoms with Gasteiger partial charge in [-0.2, -0.15) is 11.4 Å². The summed E-state index contributed by atoms with van der Waals surface area (Å²) in [4.78, 5) is 33.7. The van der Waals surface area contributed by atoms with Crippen molar-refractivity contribution >= 4 is 30.2 Å². The maximum atomic E-state index is 11.9. The molecule has 2 aromatic rings. The molecule has 5 rings (SSSR count). The van der Waals surface area contributed by atoms with E-state index in [-0.39, 0.29) is 42.0 Å². The Morgan fingerprint density at radius 1 is 0.746 bits per heavy atom. The molecule has 3 aliphatic rings. The van der Waals surface area contributed by atoms with E-state index in [9.17, 15) is 24.9 Å². The van der Waals surface area contributed by atoms with E-state index in [0.29, 0.717) is 43.5 Å². The number of aliphatic carboxylic acids is 2. The van der Waals surface area contributed by atoms with Crippen molar-refractivity contribution in [1.29, 1.82) is 0 Å². The molecule has 59 heavy (non-hydrogen) atoms. The molecule has 316 valence electrons.